The fraction of sp³-hybridized carbons (Fsp3) is 0.237. The van der Waals surface area contributed by atoms with Crippen LogP contribution in [0, 0.1) is 0 Å². The summed E-state index contributed by atoms with van der Waals surface area (Å²) in [7, 11) is 5.07. The highest BCUT2D eigenvalue weighted by molar-refractivity contribution is 9.11. The van der Waals surface area contributed by atoms with Crippen molar-refractivity contribution in [1.29, 1.82) is 0 Å². The van der Waals surface area contributed by atoms with Gasteiger partial charge in [-0.1, -0.05) is 112 Å². The van der Waals surface area contributed by atoms with Crippen LogP contribution in [0.25, 0.3) is 33.5 Å². The van der Waals surface area contributed by atoms with E-state index in [1.54, 1.807) is 108 Å². The van der Waals surface area contributed by atoms with Gasteiger partial charge >= 0.3 is 17.3 Å². The Labute approximate surface area is 564 Å². The third-order valence-corrected chi connectivity index (χ3v) is 16.0. The van der Waals surface area contributed by atoms with Crippen LogP contribution in [-0.4, -0.2) is 105 Å². The van der Waals surface area contributed by atoms with Crippen molar-refractivity contribution in [3.63, 3.8) is 0 Å². The lowest BCUT2D eigenvalue weighted by atomic mass is 10.1. The van der Waals surface area contributed by atoms with Crippen molar-refractivity contribution >= 4 is 97.2 Å². The standard InChI is InChI=1S/2C17H14BrFN6O3.C9H8N6O3.C8H8BrFO.C8H7BrO/c2*1-23-8-20-15-14(23)16(26)24(9-21-15)7-13-22-25(17(27)28-13)6-12(19)10-2-4-11(18)5-3-10;1-14-3-10-7-6(14)8(16)15(4-11-7)2-5-12-13-9(17)18-5;9-7-3-1-6(2-4-7)8(10)5-11;9-7-3-1-6(2-4-7)8-5-10-8/h2*2-5,8-9,12H,6-7H2,1H3;3-4H,2H2,1H3,(H,13,17);1-4,8,11H,5H2;1-4,8H,5H2/t2*12-;;;/m10.../s1. The molecule has 14 rings (SSSR count). The van der Waals surface area contributed by atoms with Crippen LogP contribution in [-0.2, 0) is 58.6 Å². The Morgan fingerprint density at radius 3 is 1.14 bits per heavy atom. The summed E-state index contributed by atoms with van der Waals surface area (Å²) in [6, 6.07) is 28.4. The van der Waals surface area contributed by atoms with Crippen LogP contribution in [0.2, 0.25) is 0 Å². The topological polar surface area (TPSA) is 346 Å². The molecule has 1 saturated heterocycles. The van der Waals surface area contributed by atoms with Gasteiger partial charge in [-0.05, 0) is 70.8 Å². The molecule has 1 aliphatic heterocycles. The van der Waals surface area contributed by atoms with E-state index >= 15 is 0 Å². The monoisotopic (exact) mass is 1560 g/mol. The van der Waals surface area contributed by atoms with Crippen LogP contribution >= 0.6 is 63.7 Å². The molecule has 1 fully saturated rings. The molecule has 10 heterocycles. The molecule has 0 bridgehead atoms. The summed E-state index contributed by atoms with van der Waals surface area (Å²) >= 11 is 13.2. The number of nitrogens with zero attached hydrogens (tertiary/aromatic N) is 17. The van der Waals surface area contributed by atoms with Crippen molar-refractivity contribution < 1.29 is 36.3 Å². The zero-order chi connectivity index (χ0) is 67.6. The zero-order valence-electron chi connectivity index (χ0n) is 49.7. The first-order valence-electron chi connectivity index (χ1n) is 28.0. The number of alkyl halides is 3. The normalized spacial score (nSPS) is 13.4. The molecule has 9 aromatic heterocycles. The number of imidazole rings is 3. The average molecular weight is 1560 g/mol. The molecule has 0 aliphatic carbocycles. The molecule has 2 N–H and O–H groups in total. The lowest BCUT2D eigenvalue weighted by molar-refractivity contribution is 0.180. The second-order valence-corrected chi connectivity index (χ2v) is 24.3. The molecule has 95 heavy (non-hydrogen) atoms. The van der Waals surface area contributed by atoms with Gasteiger partial charge in [0.25, 0.3) is 16.7 Å². The number of fused-ring (bicyclic) bond motifs is 3. The van der Waals surface area contributed by atoms with Gasteiger partial charge in [0.05, 0.1) is 45.3 Å². The number of aliphatic hydroxyl groups excluding tert-OH is 1. The van der Waals surface area contributed by atoms with Gasteiger partial charge in [0.2, 0.25) is 17.7 Å². The third kappa shape index (κ3) is 17.2. The van der Waals surface area contributed by atoms with Crippen LogP contribution < -0.4 is 33.9 Å². The number of halogens is 7. The first-order valence-corrected chi connectivity index (χ1v) is 31.2. The number of rotatable bonds is 15. The number of H-pyrrole nitrogens is 1. The molecule has 0 saturated carbocycles. The number of aliphatic hydroxyl groups is 1. The van der Waals surface area contributed by atoms with Crippen molar-refractivity contribution in [1.82, 2.24) is 87.1 Å². The van der Waals surface area contributed by atoms with Crippen LogP contribution in [0.4, 0.5) is 13.2 Å². The highest BCUT2D eigenvalue weighted by atomic mass is 79.9. The molecule has 4 atom stereocenters. The van der Waals surface area contributed by atoms with Crippen LogP contribution in [0.1, 0.15) is 64.5 Å². The van der Waals surface area contributed by atoms with Gasteiger partial charge in [-0.15, -0.1) is 15.3 Å². The molecule has 4 aromatic carbocycles. The predicted octanol–water partition coefficient (Wildman–Crippen LogP) is 7.43. The quantitative estimate of drug-likeness (QED) is 0.0942. The lowest BCUT2D eigenvalue weighted by Gasteiger charge is -2.07. The number of hydrogen-bond acceptors (Lipinski definition) is 20. The second-order valence-electron chi connectivity index (χ2n) is 20.6. The molecular formula is C59H51Br4F3N18O11. The van der Waals surface area contributed by atoms with Crippen molar-refractivity contribution in [2.45, 2.75) is 57.3 Å². The first kappa shape index (κ1) is 68.2. The maximum Gasteiger partial charge on any atom is 0.437 e. The van der Waals surface area contributed by atoms with E-state index < -0.39 is 42.4 Å². The van der Waals surface area contributed by atoms with Gasteiger partial charge < -0.3 is 36.8 Å². The second kappa shape index (κ2) is 30.6. The molecule has 492 valence electrons. The van der Waals surface area contributed by atoms with Crippen molar-refractivity contribution in [3.8, 4) is 0 Å². The lowest BCUT2D eigenvalue weighted by Crippen LogP contribution is -2.23. The fourth-order valence-electron chi connectivity index (χ4n) is 8.93. The summed E-state index contributed by atoms with van der Waals surface area (Å²) in [5, 5.41) is 22.2. The summed E-state index contributed by atoms with van der Waals surface area (Å²) in [5.41, 5.74) is 3.72. The molecule has 2 unspecified atom stereocenters. The number of aromatic amines is 1. The maximum absolute atomic E-state index is 14.5. The molecule has 29 nitrogen and oxygen atoms in total. The number of aryl methyl sites for hydroxylation is 3. The number of ether oxygens (including phenoxy) is 1. The Bertz CT molecular complexity index is 4950. The Morgan fingerprint density at radius 2 is 0.811 bits per heavy atom. The average Bonchev–Trinajstić information content (AvgIpc) is 1.71. The summed E-state index contributed by atoms with van der Waals surface area (Å²) in [6.07, 6.45) is 4.69. The summed E-state index contributed by atoms with van der Waals surface area (Å²) in [5.74, 6) is -2.16. The van der Waals surface area contributed by atoms with Crippen LogP contribution in [0.3, 0.4) is 0 Å². The number of aromatic nitrogens is 18. The van der Waals surface area contributed by atoms with Gasteiger partial charge in [-0.3, -0.25) is 28.1 Å². The predicted molar refractivity (Wildman–Crippen MR) is 348 cm³/mol. The Balaban J connectivity index is 0.000000137. The van der Waals surface area contributed by atoms with Gasteiger partial charge in [0.15, 0.2) is 33.5 Å². The Morgan fingerprint density at radius 1 is 0.484 bits per heavy atom. The Kier molecular flexibility index (Phi) is 22.0. The van der Waals surface area contributed by atoms with E-state index in [4.69, 9.17) is 23.1 Å². The van der Waals surface area contributed by atoms with E-state index in [1.165, 1.54) is 57.2 Å². The van der Waals surface area contributed by atoms with E-state index in [9.17, 15) is 41.9 Å². The Hall–Kier alpha value is -9.62. The summed E-state index contributed by atoms with van der Waals surface area (Å²) < 4.78 is 75.7. The molecule has 36 heteroatoms. The maximum atomic E-state index is 14.5. The SMILES string of the molecule is Brc1ccc(C2CO2)cc1.Cn1cnc2ncn(Cc3n[nH]c(=O)o3)c(=O)c21.Cn1cnc2ncn(Cc3nn(C[C@@H](F)c4ccc(Br)cc4)c(=O)o3)c(=O)c21.Cn1cnc2ncn(Cc3nn(C[C@H](F)c4ccc(Br)cc4)c(=O)o3)c(=O)c21.OCC(F)c1ccc(Br)cc1. The van der Waals surface area contributed by atoms with Crippen molar-refractivity contribution in [2.75, 3.05) is 13.2 Å². The molecular weight excluding hydrogens is 1510 g/mol. The minimum absolute atomic E-state index is 0.0153. The number of hydrogen-bond donors (Lipinski definition) is 2. The smallest absolute Gasteiger partial charge is 0.393 e. The van der Waals surface area contributed by atoms with Crippen LogP contribution in [0.5, 0.6) is 0 Å². The molecule has 0 amide bonds. The van der Waals surface area contributed by atoms with E-state index in [2.05, 4.69) is 126 Å². The van der Waals surface area contributed by atoms with Gasteiger partial charge in [-0.2, -0.15) is 9.36 Å². The summed E-state index contributed by atoms with van der Waals surface area (Å²) in [4.78, 5) is 96.2. The highest BCUT2D eigenvalue weighted by Gasteiger charge is 2.24. The van der Waals surface area contributed by atoms with Gasteiger partial charge in [-0.25, -0.2) is 62.6 Å². The fourth-order valence-corrected chi connectivity index (χ4v) is 9.99. The number of epoxide rings is 1. The van der Waals surface area contributed by atoms with E-state index in [0.717, 1.165) is 33.9 Å². The minimum Gasteiger partial charge on any atom is -0.393 e. The van der Waals surface area contributed by atoms with E-state index in [-0.39, 0.29) is 67.1 Å². The molecule has 0 spiro atoms. The molecule has 1 aliphatic rings. The minimum atomic E-state index is -1.43. The number of nitrogens with one attached hydrogen (secondary N) is 1. The van der Waals surface area contributed by atoms with Crippen LogP contribution in [0.15, 0.2) is 195 Å². The molecule has 13 aromatic rings. The first-order chi connectivity index (χ1) is 45.6. The van der Waals surface area contributed by atoms with Gasteiger partial charge in [0.1, 0.15) is 63.2 Å². The van der Waals surface area contributed by atoms with Crippen molar-refractivity contribution in [3.05, 3.63) is 256 Å². The van der Waals surface area contributed by atoms with Gasteiger partial charge in [0, 0.05) is 39.0 Å². The van der Waals surface area contributed by atoms with Crippen molar-refractivity contribution in [2.24, 2.45) is 21.1 Å². The highest BCUT2D eigenvalue weighted by Crippen LogP contribution is 2.30. The third-order valence-electron chi connectivity index (χ3n) is 13.9. The number of benzene rings is 4. The van der Waals surface area contributed by atoms with E-state index in [0.29, 0.717) is 56.3 Å². The largest absolute Gasteiger partial charge is 0.437 e. The zero-order valence-corrected chi connectivity index (χ0v) is 56.1. The summed E-state index contributed by atoms with van der Waals surface area (Å²) in [6.45, 7) is -0.334. The molecule has 0 radical (unpaired) electrons. The van der Waals surface area contributed by atoms with E-state index in [1.807, 2.05) is 12.1 Å².